The maximum absolute atomic E-state index is 6.23. The fraction of sp³-hybridized carbons (Fsp3) is 1.00. The fourth-order valence-electron chi connectivity index (χ4n) is 2.84. The van der Waals surface area contributed by atoms with E-state index in [0.717, 1.165) is 11.8 Å². The largest absolute Gasteiger partial charge is 0.326 e. The van der Waals surface area contributed by atoms with Crippen molar-refractivity contribution in [2.75, 3.05) is 13.6 Å². The van der Waals surface area contributed by atoms with Crippen LogP contribution in [-0.2, 0) is 0 Å². The molecule has 0 spiro atoms. The SMILES string of the molecule is CCC1CCC(N)C(N(C)CC(C)C)C1. The molecule has 0 aromatic rings. The third-order valence-corrected chi connectivity index (χ3v) is 3.77. The van der Waals surface area contributed by atoms with Crippen LogP contribution in [0.5, 0.6) is 0 Å². The van der Waals surface area contributed by atoms with Crippen LogP contribution in [-0.4, -0.2) is 30.6 Å². The standard InChI is InChI=1S/C13H28N2/c1-5-11-6-7-12(14)13(8-11)15(4)9-10(2)3/h10-13H,5-9,14H2,1-4H3. The summed E-state index contributed by atoms with van der Waals surface area (Å²) in [4.78, 5) is 2.48. The maximum atomic E-state index is 6.23. The van der Waals surface area contributed by atoms with E-state index in [1.165, 1.54) is 32.2 Å². The molecule has 0 saturated heterocycles. The zero-order chi connectivity index (χ0) is 11.4. The minimum Gasteiger partial charge on any atom is -0.326 e. The van der Waals surface area contributed by atoms with E-state index in [-0.39, 0.29) is 0 Å². The first-order chi connectivity index (χ1) is 7.04. The molecule has 0 bridgehead atoms. The zero-order valence-electron chi connectivity index (χ0n) is 10.9. The summed E-state index contributed by atoms with van der Waals surface area (Å²) < 4.78 is 0. The number of likely N-dealkylation sites (N-methyl/N-ethyl adjacent to an activating group) is 1. The first-order valence-electron chi connectivity index (χ1n) is 6.50. The van der Waals surface area contributed by atoms with Crippen molar-refractivity contribution in [2.45, 2.75) is 58.5 Å². The maximum Gasteiger partial charge on any atom is 0.0246 e. The molecular formula is C13H28N2. The lowest BCUT2D eigenvalue weighted by molar-refractivity contribution is 0.124. The highest BCUT2D eigenvalue weighted by Gasteiger charge is 2.29. The summed E-state index contributed by atoms with van der Waals surface area (Å²) in [5, 5.41) is 0. The van der Waals surface area contributed by atoms with Gasteiger partial charge in [0.15, 0.2) is 0 Å². The van der Waals surface area contributed by atoms with E-state index in [9.17, 15) is 0 Å². The molecule has 1 fully saturated rings. The lowest BCUT2D eigenvalue weighted by Gasteiger charge is -2.40. The molecule has 15 heavy (non-hydrogen) atoms. The predicted octanol–water partition coefficient (Wildman–Crippen LogP) is 2.48. The van der Waals surface area contributed by atoms with Crippen LogP contribution in [0.15, 0.2) is 0 Å². The Morgan fingerprint density at radius 3 is 2.53 bits per heavy atom. The van der Waals surface area contributed by atoms with Crippen LogP contribution in [0.3, 0.4) is 0 Å². The Hall–Kier alpha value is -0.0800. The Labute approximate surface area is 95.2 Å². The molecule has 1 aliphatic rings. The topological polar surface area (TPSA) is 29.3 Å². The van der Waals surface area contributed by atoms with Crippen LogP contribution in [0.25, 0.3) is 0 Å². The monoisotopic (exact) mass is 212 g/mol. The summed E-state index contributed by atoms with van der Waals surface area (Å²) in [5.41, 5.74) is 6.23. The van der Waals surface area contributed by atoms with Crippen LogP contribution in [0, 0.1) is 11.8 Å². The molecule has 0 aromatic carbocycles. The van der Waals surface area contributed by atoms with Gasteiger partial charge in [0, 0.05) is 18.6 Å². The second kappa shape index (κ2) is 5.86. The summed E-state index contributed by atoms with van der Waals surface area (Å²) in [6.45, 7) is 8.04. The molecule has 2 N–H and O–H groups in total. The minimum atomic E-state index is 0.400. The Morgan fingerprint density at radius 1 is 1.33 bits per heavy atom. The van der Waals surface area contributed by atoms with Crippen LogP contribution < -0.4 is 5.73 Å². The van der Waals surface area contributed by atoms with E-state index < -0.39 is 0 Å². The summed E-state index contributed by atoms with van der Waals surface area (Å²) in [5.74, 6) is 1.65. The van der Waals surface area contributed by atoms with Crippen LogP contribution >= 0.6 is 0 Å². The van der Waals surface area contributed by atoms with Gasteiger partial charge in [-0.1, -0.05) is 27.2 Å². The highest BCUT2D eigenvalue weighted by atomic mass is 15.1. The van der Waals surface area contributed by atoms with Gasteiger partial charge in [-0.25, -0.2) is 0 Å². The molecule has 2 heteroatoms. The first kappa shape index (κ1) is 13.0. The number of rotatable bonds is 4. The predicted molar refractivity (Wildman–Crippen MR) is 66.9 cm³/mol. The van der Waals surface area contributed by atoms with E-state index >= 15 is 0 Å². The van der Waals surface area contributed by atoms with E-state index in [1.807, 2.05) is 0 Å². The van der Waals surface area contributed by atoms with E-state index in [1.54, 1.807) is 0 Å². The van der Waals surface area contributed by atoms with Gasteiger partial charge < -0.3 is 10.6 Å². The Balaban J connectivity index is 2.49. The normalized spacial score (nSPS) is 32.6. The highest BCUT2D eigenvalue weighted by Crippen LogP contribution is 2.28. The van der Waals surface area contributed by atoms with Gasteiger partial charge in [-0.05, 0) is 38.1 Å². The molecule has 0 radical (unpaired) electrons. The van der Waals surface area contributed by atoms with Crippen molar-refractivity contribution in [1.29, 1.82) is 0 Å². The Bertz CT molecular complexity index is 179. The molecule has 3 unspecified atom stereocenters. The molecule has 0 amide bonds. The average Bonchev–Trinajstić information content (AvgIpc) is 2.17. The molecule has 0 heterocycles. The molecule has 1 saturated carbocycles. The van der Waals surface area contributed by atoms with Crippen LogP contribution in [0.2, 0.25) is 0 Å². The molecular weight excluding hydrogens is 184 g/mol. The van der Waals surface area contributed by atoms with Crippen LogP contribution in [0.4, 0.5) is 0 Å². The summed E-state index contributed by atoms with van der Waals surface area (Å²) in [7, 11) is 2.24. The summed E-state index contributed by atoms with van der Waals surface area (Å²) >= 11 is 0. The van der Waals surface area contributed by atoms with Gasteiger partial charge in [-0.15, -0.1) is 0 Å². The third-order valence-electron chi connectivity index (χ3n) is 3.77. The molecule has 90 valence electrons. The van der Waals surface area contributed by atoms with Crippen molar-refractivity contribution in [2.24, 2.45) is 17.6 Å². The van der Waals surface area contributed by atoms with E-state index in [2.05, 4.69) is 32.7 Å². The van der Waals surface area contributed by atoms with Gasteiger partial charge in [0.2, 0.25) is 0 Å². The van der Waals surface area contributed by atoms with Crippen molar-refractivity contribution >= 4 is 0 Å². The van der Waals surface area contributed by atoms with Gasteiger partial charge >= 0.3 is 0 Å². The first-order valence-corrected chi connectivity index (χ1v) is 6.50. The van der Waals surface area contributed by atoms with Crippen molar-refractivity contribution in [3.63, 3.8) is 0 Å². The van der Waals surface area contributed by atoms with Gasteiger partial charge in [0.25, 0.3) is 0 Å². The zero-order valence-corrected chi connectivity index (χ0v) is 10.9. The molecule has 1 rings (SSSR count). The average molecular weight is 212 g/mol. The minimum absolute atomic E-state index is 0.400. The molecule has 3 atom stereocenters. The summed E-state index contributed by atoms with van der Waals surface area (Å²) in [6.07, 6.45) is 5.18. The number of nitrogens with two attached hydrogens (primary N) is 1. The van der Waals surface area contributed by atoms with E-state index in [0.29, 0.717) is 12.1 Å². The van der Waals surface area contributed by atoms with Gasteiger partial charge in [-0.2, -0.15) is 0 Å². The number of nitrogens with zero attached hydrogens (tertiary/aromatic N) is 1. The van der Waals surface area contributed by atoms with Gasteiger partial charge in [0.05, 0.1) is 0 Å². The second-order valence-electron chi connectivity index (χ2n) is 5.65. The number of hydrogen-bond acceptors (Lipinski definition) is 2. The van der Waals surface area contributed by atoms with Crippen molar-refractivity contribution in [3.05, 3.63) is 0 Å². The Kier molecular flexibility index (Phi) is 5.07. The van der Waals surface area contributed by atoms with Gasteiger partial charge in [-0.3, -0.25) is 0 Å². The van der Waals surface area contributed by atoms with Crippen molar-refractivity contribution in [1.82, 2.24) is 4.90 Å². The molecule has 0 aromatic heterocycles. The fourth-order valence-corrected chi connectivity index (χ4v) is 2.84. The smallest absolute Gasteiger partial charge is 0.0246 e. The van der Waals surface area contributed by atoms with Crippen LogP contribution in [0.1, 0.15) is 46.5 Å². The molecule has 0 aliphatic heterocycles. The lowest BCUT2D eigenvalue weighted by Crippen LogP contribution is -2.50. The van der Waals surface area contributed by atoms with Crippen molar-refractivity contribution < 1.29 is 0 Å². The quantitative estimate of drug-likeness (QED) is 0.776. The van der Waals surface area contributed by atoms with E-state index in [4.69, 9.17) is 5.73 Å². The van der Waals surface area contributed by atoms with Crippen molar-refractivity contribution in [3.8, 4) is 0 Å². The Morgan fingerprint density at radius 2 is 2.00 bits per heavy atom. The third kappa shape index (κ3) is 3.76. The molecule has 1 aliphatic carbocycles. The summed E-state index contributed by atoms with van der Waals surface area (Å²) in [6, 6.07) is 1.02. The highest BCUT2D eigenvalue weighted by molar-refractivity contribution is 4.88. The second-order valence-corrected chi connectivity index (χ2v) is 5.65. The molecule has 2 nitrogen and oxygen atoms in total. The lowest BCUT2D eigenvalue weighted by atomic mass is 9.80. The van der Waals surface area contributed by atoms with Gasteiger partial charge in [0.1, 0.15) is 0 Å². The number of hydrogen-bond donors (Lipinski definition) is 1.